The van der Waals surface area contributed by atoms with E-state index in [2.05, 4.69) is 25.2 Å². The Balaban J connectivity index is 1.20. The molecule has 2 fully saturated rings. The van der Waals surface area contributed by atoms with Crippen molar-refractivity contribution in [3.8, 4) is 0 Å². The molecule has 5 rings (SSSR count). The molecule has 1 atom stereocenters. The van der Waals surface area contributed by atoms with Crippen LogP contribution in [0.15, 0.2) is 48.7 Å². The maximum atomic E-state index is 13.2. The summed E-state index contributed by atoms with van der Waals surface area (Å²) in [6.45, 7) is 6.53. The number of halogens is 1. The van der Waals surface area contributed by atoms with E-state index in [1.807, 2.05) is 36.9 Å². The molecule has 4 heterocycles. The van der Waals surface area contributed by atoms with E-state index in [1.165, 1.54) is 12.1 Å². The number of anilines is 4. The zero-order valence-electron chi connectivity index (χ0n) is 20.3. The number of aromatic nitrogens is 3. The summed E-state index contributed by atoms with van der Waals surface area (Å²) < 4.78 is 13.2. The highest BCUT2D eigenvalue weighted by Gasteiger charge is 2.38. The molecule has 2 aliphatic rings. The Morgan fingerprint density at radius 1 is 1.00 bits per heavy atom. The molecule has 1 aromatic carbocycles. The Labute approximate surface area is 209 Å². The number of piperazine rings is 1. The zero-order chi connectivity index (χ0) is 25.2. The van der Waals surface area contributed by atoms with Crippen molar-refractivity contribution in [3.63, 3.8) is 0 Å². The molecule has 9 nitrogen and oxygen atoms in total. The fourth-order valence-corrected chi connectivity index (χ4v) is 4.67. The van der Waals surface area contributed by atoms with Crippen LogP contribution in [-0.4, -0.2) is 64.4 Å². The largest absolute Gasteiger partial charge is 0.353 e. The Hall–Kier alpha value is -4.08. The van der Waals surface area contributed by atoms with Gasteiger partial charge in [0.15, 0.2) is 0 Å². The van der Waals surface area contributed by atoms with Crippen molar-refractivity contribution >= 4 is 35.0 Å². The van der Waals surface area contributed by atoms with Crippen molar-refractivity contribution in [2.75, 3.05) is 47.8 Å². The van der Waals surface area contributed by atoms with Gasteiger partial charge in [-0.15, -0.1) is 0 Å². The standard InChI is InChI=1S/C26H28FN7O2/c1-17-7-8-28-22(13-17)31-23-15-24(30-18(2)29-23)32-9-11-33(12-10-32)26(36)19-14-25(35)34(16-19)21-5-3-20(27)4-6-21/h3-8,13,15,19H,9-12,14,16H2,1-2H3,(H,28,29,30,31). The van der Waals surface area contributed by atoms with Crippen LogP contribution in [0.3, 0.4) is 0 Å². The normalized spacial score (nSPS) is 18.0. The number of benzene rings is 1. The molecule has 2 amide bonds. The third-order valence-corrected chi connectivity index (χ3v) is 6.52. The highest BCUT2D eigenvalue weighted by atomic mass is 19.1. The van der Waals surface area contributed by atoms with Crippen LogP contribution in [0.2, 0.25) is 0 Å². The van der Waals surface area contributed by atoms with Crippen LogP contribution in [0, 0.1) is 25.6 Å². The molecule has 0 spiro atoms. The lowest BCUT2D eigenvalue weighted by Crippen LogP contribution is -2.51. The second-order valence-electron chi connectivity index (χ2n) is 9.20. The number of carbonyl (C=O) groups is 2. The number of hydrogen-bond acceptors (Lipinski definition) is 7. The van der Waals surface area contributed by atoms with Crippen molar-refractivity contribution in [2.45, 2.75) is 20.3 Å². The molecule has 0 radical (unpaired) electrons. The SMILES string of the molecule is Cc1ccnc(Nc2cc(N3CCN(C(=O)C4CC(=O)N(c5ccc(F)cc5)C4)CC3)nc(C)n2)c1. The third kappa shape index (κ3) is 5.12. The van der Waals surface area contributed by atoms with Crippen LogP contribution in [-0.2, 0) is 9.59 Å². The minimum Gasteiger partial charge on any atom is -0.353 e. The monoisotopic (exact) mass is 489 g/mol. The van der Waals surface area contributed by atoms with E-state index in [1.54, 1.807) is 23.2 Å². The fourth-order valence-electron chi connectivity index (χ4n) is 4.67. The molecule has 3 aromatic rings. The second-order valence-corrected chi connectivity index (χ2v) is 9.20. The van der Waals surface area contributed by atoms with Crippen LogP contribution < -0.4 is 15.1 Å². The minimum absolute atomic E-state index is 0.0145. The number of carbonyl (C=O) groups excluding carboxylic acids is 2. The van der Waals surface area contributed by atoms with Crippen LogP contribution in [0.5, 0.6) is 0 Å². The van der Waals surface area contributed by atoms with Gasteiger partial charge in [0.25, 0.3) is 0 Å². The van der Waals surface area contributed by atoms with E-state index < -0.39 is 5.92 Å². The highest BCUT2D eigenvalue weighted by Crippen LogP contribution is 2.27. The first-order valence-corrected chi connectivity index (χ1v) is 12.0. The molecule has 2 saturated heterocycles. The average molecular weight is 490 g/mol. The van der Waals surface area contributed by atoms with Gasteiger partial charge in [-0.25, -0.2) is 19.3 Å². The van der Waals surface area contributed by atoms with Gasteiger partial charge in [0.05, 0.1) is 5.92 Å². The predicted molar refractivity (Wildman–Crippen MR) is 135 cm³/mol. The van der Waals surface area contributed by atoms with E-state index in [9.17, 15) is 14.0 Å². The molecular formula is C26H28FN7O2. The lowest BCUT2D eigenvalue weighted by molar-refractivity contribution is -0.136. The van der Waals surface area contributed by atoms with Gasteiger partial charge in [-0.2, -0.15) is 0 Å². The van der Waals surface area contributed by atoms with Gasteiger partial charge < -0.3 is 20.0 Å². The fraction of sp³-hybridized carbons (Fsp3) is 0.346. The Bertz CT molecular complexity index is 1280. The lowest BCUT2D eigenvalue weighted by atomic mass is 10.1. The summed E-state index contributed by atoms with van der Waals surface area (Å²) in [5.41, 5.74) is 1.72. The smallest absolute Gasteiger partial charge is 0.228 e. The second kappa shape index (κ2) is 9.88. The Morgan fingerprint density at radius 2 is 1.75 bits per heavy atom. The molecule has 0 bridgehead atoms. The summed E-state index contributed by atoms with van der Waals surface area (Å²) in [6, 6.07) is 11.6. The first kappa shape index (κ1) is 23.7. The number of rotatable bonds is 5. The number of nitrogens with zero attached hydrogens (tertiary/aromatic N) is 6. The quantitative estimate of drug-likeness (QED) is 0.589. The van der Waals surface area contributed by atoms with Gasteiger partial charge in [-0.1, -0.05) is 0 Å². The van der Waals surface area contributed by atoms with E-state index in [-0.39, 0.29) is 24.1 Å². The van der Waals surface area contributed by atoms with E-state index in [0.29, 0.717) is 50.1 Å². The maximum Gasteiger partial charge on any atom is 0.228 e. The van der Waals surface area contributed by atoms with Gasteiger partial charge in [0.1, 0.15) is 29.1 Å². The van der Waals surface area contributed by atoms with Crippen LogP contribution >= 0.6 is 0 Å². The van der Waals surface area contributed by atoms with E-state index >= 15 is 0 Å². The van der Waals surface area contributed by atoms with Crippen LogP contribution in [0.25, 0.3) is 0 Å². The number of pyridine rings is 1. The molecule has 2 aliphatic heterocycles. The molecule has 1 N–H and O–H groups in total. The number of amides is 2. The summed E-state index contributed by atoms with van der Waals surface area (Å²) in [4.78, 5) is 44.7. The summed E-state index contributed by atoms with van der Waals surface area (Å²) in [5, 5.41) is 3.24. The average Bonchev–Trinajstić information content (AvgIpc) is 3.25. The van der Waals surface area contributed by atoms with E-state index in [4.69, 9.17) is 0 Å². The van der Waals surface area contributed by atoms with Crippen LogP contribution in [0.1, 0.15) is 17.8 Å². The maximum absolute atomic E-state index is 13.2. The Morgan fingerprint density at radius 3 is 2.47 bits per heavy atom. The lowest BCUT2D eigenvalue weighted by Gasteiger charge is -2.36. The topological polar surface area (TPSA) is 94.6 Å². The van der Waals surface area contributed by atoms with Gasteiger partial charge in [-0.3, -0.25) is 9.59 Å². The zero-order valence-corrected chi connectivity index (χ0v) is 20.3. The molecule has 0 saturated carbocycles. The van der Waals surface area contributed by atoms with Crippen molar-refractivity contribution < 1.29 is 14.0 Å². The Kier molecular flexibility index (Phi) is 6.49. The van der Waals surface area contributed by atoms with Crippen molar-refractivity contribution in [3.05, 3.63) is 65.9 Å². The highest BCUT2D eigenvalue weighted by molar-refractivity contribution is 6.00. The van der Waals surface area contributed by atoms with E-state index in [0.717, 1.165) is 17.2 Å². The molecule has 36 heavy (non-hydrogen) atoms. The number of aryl methyl sites for hydroxylation is 2. The van der Waals surface area contributed by atoms with Gasteiger partial charge >= 0.3 is 0 Å². The molecule has 186 valence electrons. The minimum atomic E-state index is -0.395. The molecule has 0 aliphatic carbocycles. The summed E-state index contributed by atoms with van der Waals surface area (Å²) >= 11 is 0. The molecular weight excluding hydrogens is 461 g/mol. The number of hydrogen-bond donors (Lipinski definition) is 1. The molecule has 10 heteroatoms. The van der Waals surface area contributed by atoms with Crippen LogP contribution in [0.4, 0.5) is 27.5 Å². The summed E-state index contributed by atoms with van der Waals surface area (Å²) in [5.74, 6) is 1.94. The number of nitrogens with one attached hydrogen (secondary N) is 1. The summed E-state index contributed by atoms with van der Waals surface area (Å²) in [6.07, 6.45) is 1.92. The van der Waals surface area contributed by atoms with Crippen molar-refractivity contribution in [1.29, 1.82) is 0 Å². The third-order valence-electron chi connectivity index (χ3n) is 6.52. The van der Waals surface area contributed by atoms with Crippen molar-refractivity contribution in [2.24, 2.45) is 5.92 Å². The van der Waals surface area contributed by atoms with Gasteiger partial charge in [0.2, 0.25) is 11.8 Å². The van der Waals surface area contributed by atoms with Gasteiger partial charge in [-0.05, 0) is 55.8 Å². The van der Waals surface area contributed by atoms with Gasteiger partial charge in [0, 0.05) is 57.1 Å². The first-order valence-electron chi connectivity index (χ1n) is 12.0. The first-order chi connectivity index (χ1) is 17.4. The van der Waals surface area contributed by atoms with Crippen molar-refractivity contribution in [1.82, 2.24) is 19.9 Å². The summed E-state index contributed by atoms with van der Waals surface area (Å²) in [7, 11) is 0. The molecule has 1 unspecified atom stereocenters. The molecule has 2 aromatic heterocycles. The predicted octanol–water partition coefficient (Wildman–Crippen LogP) is 3.07.